The van der Waals surface area contributed by atoms with E-state index in [0.29, 0.717) is 19.3 Å². The smallest absolute Gasteiger partial charge is 0.335 e. The molecule has 6 unspecified atom stereocenters. The number of carbonyl (C=O) groups is 4. The Hall–Kier alpha value is -4.10. The number of unbranched alkanes of at least 4 members (excludes halogenated alkanes) is 19. The van der Waals surface area contributed by atoms with Gasteiger partial charge in [0.1, 0.15) is 18.8 Å². The summed E-state index contributed by atoms with van der Waals surface area (Å²) in [5.41, 5.74) is 0. The van der Waals surface area contributed by atoms with E-state index in [2.05, 4.69) is 106 Å². The number of aliphatic hydroxyl groups is 2. The summed E-state index contributed by atoms with van der Waals surface area (Å²) < 4.78 is 28.3. The normalized spacial score (nSPS) is 18.9. The van der Waals surface area contributed by atoms with Crippen molar-refractivity contribution in [1.29, 1.82) is 0 Å². The molecule has 0 radical (unpaired) electrons. The Bertz CT molecular complexity index is 1590. The van der Waals surface area contributed by atoms with Crippen LogP contribution >= 0.6 is 0 Å². The standard InChI is InChI=1S/C61H100O12/c1-4-7-10-13-16-19-22-25-27-30-32-35-38-41-44-47-53(62)69-50-52(71-54(63)48-45-42-39-36-34-31-28-26-23-20-17-14-11-8-5-2)51-70-61-59(57(66)56(65)58(73-61)60(67)68)72-55(64)49-46-43-40-37-33-29-24-21-18-15-12-9-6-3/h7-8,10-11,16-17,19-20,25-28,32,35,52,56-59,61,65-66H,4-6,9,12-15,18,21-24,29-31,33-34,36-51H2,1-3H3,(H,67,68)/b10-7-,11-8-,19-16-,20-17-,27-25-,28-26-,35-32-. The minimum Gasteiger partial charge on any atom is -0.479 e. The molecule has 0 spiro atoms. The molecule has 1 heterocycles. The van der Waals surface area contributed by atoms with E-state index in [9.17, 15) is 34.5 Å². The Morgan fingerprint density at radius 2 is 0.863 bits per heavy atom. The van der Waals surface area contributed by atoms with E-state index in [1.54, 1.807) is 0 Å². The van der Waals surface area contributed by atoms with Crippen LogP contribution in [0.2, 0.25) is 0 Å². The van der Waals surface area contributed by atoms with Crippen LogP contribution in [0, 0.1) is 0 Å². The molecule has 0 aromatic carbocycles. The molecule has 1 fully saturated rings. The average Bonchev–Trinajstić information content (AvgIpc) is 3.37. The first kappa shape index (κ1) is 66.9. The lowest BCUT2D eigenvalue weighted by atomic mass is 9.98. The first-order chi connectivity index (χ1) is 35.6. The van der Waals surface area contributed by atoms with E-state index in [-0.39, 0.29) is 25.9 Å². The van der Waals surface area contributed by atoms with Gasteiger partial charge in [-0.15, -0.1) is 0 Å². The summed E-state index contributed by atoms with van der Waals surface area (Å²) in [6, 6.07) is 0. The van der Waals surface area contributed by atoms with Crippen molar-refractivity contribution >= 4 is 23.9 Å². The van der Waals surface area contributed by atoms with Crippen LogP contribution in [0.5, 0.6) is 0 Å². The molecule has 1 rings (SSSR count). The van der Waals surface area contributed by atoms with E-state index >= 15 is 0 Å². The maximum absolute atomic E-state index is 13.1. The lowest BCUT2D eigenvalue weighted by Gasteiger charge is -2.40. The third-order valence-electron chi connectivity index (χ3n) is 12.5. The second-order valence-electron chi connectivity index (χ2n) is 19.2. The number of carboxylic acids is 1. The topological polar surface area (TPSA) is 175 Å². The molecule has 0 aliphatic carbocycles. The lowest BCUT2D eigenvalue weighted by molar-refractivity contribution is -0.301. The molecule has 0 aromatic rings. The van der Waals surface area contributed by atoms with E-state index < -0.39 is 67.3 Å². The van der Waals surface area contributed by atoms with Crippen molar-refractivity contribution in [1.82, 2.24) is 0 Å². The molecule has 1 saturated heterocycles. The molecule has 1 aliphatic rings. The van der Waals surface area contributed by atoms with E-state index in [1.165, 1.54) is 51.4 Å². The minimum absolute atomic E-state index is 0.0538. The van der Waals surface area contributed by atoms with E-state index in [1.807, 2.05) is 0 Å². The minimum atomic E-state index is -1.91. The fourth-order valence-electron chi connectivity index (χ4n) is 8.14. The quantitative estimate of drug-likeness (QED) is 0.0228. The van der Waals surface area contributed by atoms with Gasteiger partial charge in [0.15, 0.2) is 24.6 Å². The molecule has 3 N–H and O–H groups in total. The van der Waals surface area contributed by atoms with E-state index in [0.717, 1.165) is 116 Å². The number of ether oxygens (including phenoxy) is 5. The van der Waals surface area contributed by atoms with Crippen LogP contribution in [0.1, 0.15) is 226 Å². The third kappa shape index (κ3) is 39.0. The summed E-state index contributed by atoms with van der Waals surface area (Å²) in [5, 5.41) is 31.4. The van der Waals surface area contributed by atoms with Gasteiger partial charge in [0, 0.05) is 19.3 Å². The number of esters is 3. The highest BCUT2D eigenvalue weighted by atomic mass is 16.7. The summed E-state index contributed by atoms with van der Waals surface area (Å²) in [6.45, 7) is 5.70. The summed E-state index contributed by atoms with van der Waals surface area (Å²) in [6.07, 6.45) is 49.9. The molecule has 0 saturated carbocycles. The lowest BCUT2D eigenvalue weighted by Crippen LogP contribution is -2.61. The molecule has 12 nitrogen and oxygen atoms in total. The van der Waals surface area contributed by atoms with Crippen molar-refractivity contribution in [2.45, 2.75) is 263 Å². The molecule has 73 heavy (non-hydrogen) atoms. The number of rotatable bonds is 47. The van der Waals surface area contributed by atoms with Gasteiger partial charge in [0.05, 0.1) is 6.61 Å². The van der Waals surface area contributed by atoms with Crippen LogP contribution in [0.25, 0.3) is 0 Å². The molecule has 12 heteroatoms. The third-order valence-corrected chi connectivity index (χ3v) is 12.5. The summed E-state index contributed by atoms with van der Waals surface area (Å²) in [7, 11) is 0. The van der Waals surface area contributed by atoms with Crippen molar-refractivity contribution in [3.8, 4) is 0 Å². The van der Waals surface area contributed by atoms with Crippen LogP contribution in [0.4, 0.5) is 0 Å². The number of hydrogen-bond acceptors (Lipinski definition) is 11. The summed E-state index contributed by atoms with van der Waals surface area (Å²) in [5.74, 6) is -3.20. The van der Waals surface area contributed by atoms with Gasteiger partial charge in [-0.05, 0) is 89.9 Å². The average molecular weight is 1030 g/mol. The van der Waals surface area contributed by atoms with Gasteiger partial charge in [-0.2, -0.15) is 0 Å². The first-order valence-electron chi connectivity index (χ1n) is 28.6. The van der Waals surface area contributed by atoms with Crippen molar-refractivity contribution in [3.63, 3.8) is 0 Å². The van der Waals surface area contributed by atoms with Gasteiger partial charge in [0.25, 0.3) is 0 Å². The number of aliphatic carboxylic acids is 1. The van der Waals surface area contributed by atoms with Crippen molar-refractivity contribution in [2.75, 3.05) is 13.2 Å². The first-order valence-corrected chi connectivity index (χ1v) is 28.6. The number of carboxylic acid groups (broad SMARTS) is 1. The molecule has 0 bridgehead atoms. The number of hydrogen-bond donors (Lipinski definition) is 3. The maximum atomic E-state index is 13.1. The van der Waals surface area contributed by atoms with Crippen molar-refractivity contribution in [3.05, 3.63) is 85.1 Å². The maximum Gasteiger partial charge on any atom is 0.335 e. The molecule has 0 aromatic heterocycles. The SMILES string of the molecule is CC/C=C\C/C=C\C/C=C\C/C=C\CCCCC(=O)OCC(COC1OC(C(=O)O)C(O)C(O)C1OC(=O)CCCCCCCCCCCCCCC)OC(=O)CCCCCCC/C=C\C/C=C\C/C=C\CC. The Morgan fingerprint density at radius 3 is 1.34 bits per heavy atom. The van der Waals surface area contributed by atoms with Gasteiger partial charge in [-0.25, -0.2) is 4.79 Å². The largest absolute Gasteiger partial charge is 0.479 e. The van der Waals surface area contributed by atoms with Crippen LogP contribution in [-0.4, -0.2) is 89.2 Å². The monoisotopic (exact) mass is 1020 g/mol. The highest BCUT2D eigenvalue weighted by Crippen LogP contribution is 2.26. The highest BCUT2D eigenvalue weighted by molar-refractivity contribution is 5.74. The highest BCUT2D eigenvalue weighted by Gasteiger charge is 2.50. The van der Waals surface area contributed by atoms with Gasteiger partial charge in [-0.3, -0.25) is 14.4 Å². The summed E-state index contributed by atoms with van der Waals surface area (Å²) in [4.78, 5) is 51.0. The predicted octanol–water partition coefficient (Wildman–Crippen LogP) is 14.3. The molecule has 0 amide bonds. The predicted molar refractivity (Wildman–Crippen MR) is 294 cm³/mol. The van der Waals surface area contributed by atoms with Gasteiger partial charge in [-0.1, -0.05) is 202 Å². The molecule has 1 aliphatic heterocycles. The Balaban J connectivity index is 2.75. The Labute approximate surface area is 441 Å². The zero-order valence-electron chi connectivity index (χ0n) is 45.6. The van der Waals surface area contributed by atoms with Crippen molar-refractivity contribution in [2.24, 2.45) is 0 Å². The summed E-state index contributed by atoms with van der Waals surface area (Å²) >= 11 is 0. The van der Waals surface area contributed by atoms with Gasteiger partial charge >= 0.3 is 23.9 Å². The Kier molecular flexibility index (Phi) is 44.7. The van der Waals surface area contributed by atoms with E-state index in [4.69, 9.17) is 23.7 Å². The van der Waals surface area contributed by atoms with Crippen LogP contribution in [-0.2, 0) is 42.9 Å². The zero-order chi connectivity index (χ0) is 53.3. The second kappa shape index (κ2) is 48.8. The van der Waals surface area contributed by atoms with Gasteiger partial charge < -0.3 is 39.0 Å². The molecule has 6 atom stereocenters. The van der Waals surface area contributed by atoms with Crippen LogP contribution in [0.3, 0.4) is 0 Å². The number of aliphatic hydroxyl groups excluding tert-OH is 2. The van der Waals surface area contributed by atoms with Crippen LogP contribution < -0.4 is 0 Å². The Morgan fingerprint density at radius 1 is 0.466 bits per heavy atom. The number of carbonyl (C=O) groups excluding carboxylic acids is 3. The number of allylic oxidation sites excluding steroid dienone is 14. The van der Waals surface area contributed by atoms with Crippen LogP contribution in [0.15, 0.2) is 85.1 Å². The van der Waals surface area contributed by atoms with Gasteiger partial charge in [0.2, 0.25) is 0 Å². The molecule has 416 valence electrons. The molecular weight excluding hydrogens is 925 g/mol. The van der Waals surface area contributed by atoms with Crippen molar-refractivity contribution < 1.29 is 58.2 Å². The zero-order valence-corrected chi connectivity index (χ0v) is 45.6. The fourth-order valence-corrected chi connectivity index (χ4v) is 8.14. The molecular formula is C61H100O12. The fraction of sp³-hybridized carbons (Fsp3) is 0.705. The second-order valence-corrected chi connectivity index (χ2v) is 19.2.